The predicted molar refractivity (Wildman–Crippen MR) is 84.3 cm³/mol. The highest BCUT2D eigenvalue weighted by Crippen LogP contribution is 2.26. The second-order valence-electron chi connectivity index (χ2n) is 4.55. The van der Waals surface area contributed by atoms with Crippen LogP contribution in [0.3, 0.4) is 0 Å². The van der Waals surface area contributed by atoms with Gasteiger partial charge >= 0.3 is 0 Å². The van der Waals surface area contributed by atoms with E-state index in [2.05, 4.69) is 15.9 Å². The molecule has 0 heterocycles. The zero-order valence-electron chi connectivity index (χ0n) is 11.4. The van der Waals surface area contributed by atoms with Crippen LogP contribution in [-0.4, -0.2) is 17.6 Å². The van der Waals surface area contributed by atoms with Gasteiger partial charge in [0, 0.05) is 16.7 Å². The molecule has 0 unspecified atom stereocenters. The van der Waals surface area contributed by atoms with Crippen molar-refractivity contribution < 1.29 is 9.90 Å². The Balaban J connectivity index is 2.39. The molecule has 2 aromatic rings. The lowest BCUT2D eigenvalue weighted by molar-refractivity contribution is 0.0985. The summed E-state index contributed by atoms with van der Waals surface area (Å²) in [5, 5.41) is 9.93. The first-order valence-electron chi connectivity index (χ1n) is 6.40. The Morgan fingerprint density at radius 2 is 2.00 bits per heavy atom. The minimum absolute atomic E-state index is 0.0181. The van der Waals surface area contributed by atoms with E-state index in [1.807, 2.05) is 38.1 Å². The molecule has 0 radical (unpaired) electrons. The molecule has 0 spiro atoms. The summed E-state index contributed by atoms with van der Waals surface area (Å²) in [6.45, 7) is 4.44. The van der Waals surface area contributed by atoms with E-state index in [1.165, 1.54) is 6.07 Å². The molecule has 1 amide bonds. The summed E-state index contributed by atoms with van der Waals surface area (Å²) in [6.07, 6.45) is 0. The number of carbonyl (C=O) groups is 1. The van der Waals surface area contributed by atoms with Crippen molar-refractivity contribution in [1.82, 2.24) is 0 Å². The van der Waals surface area contributed by atoms with Crippen molar-refractivity contribution in [2.24, 2.45) is 0 Å². The molecule has 20 heavy (non-hydrogen) atoms. The minimum Gasteiger partial charge on any atom is -0.507 e. The highest BCUT2D eigenvalue weighted by molar-refractivity contribution is 9.10. The fourth-order valence-electron chi connectivity index (χ4n) is 2.07. The van der Waals surface area contributed by atoms with E-state index < -0.39 is 0 Å². The number of carbonyl (C=O) groups excluding carboxylic acids is 1. The van der Waals surface area contributed by atoms with Crippen molar-refractivity contribution in [3.8, 4) is 5.75 Å². The maximum Gasteiger partial charge on any atom is 0.262 e. The van der Waals surface area contributed by atoms with Crippen molar-refractivity contribution >= 4 is 27.5 Å². The molecule has 3 nitrogen and oxygen atoms in total. The fraction of sp³-hybridized carbons (Fsp3) is 0.188. The van der Waals surface area contributed by atoms with Crippen molar-refractivity contribution in [2.75, 3.05) is 11.4 Å². The van der Waals surface area contributed by atoms with E-state index in [-0.39, 0.29) is 11.7 Å². The maximum absolute atomic E-state index is 12.6. The van der Waals surface area contributed by atoms with E-state index >= 15 is 0 Å². The standard InChI is InChI=1S/C16H16BrNO2/c1-3-18(13-6-4-5-11(2)9-13)16(20)14-8-7-12(17)10-15(14)19/h4-10,19H,3H2,1-2H3. The number of aryl methyl sites for hydroxylation is 1. The van der Waals surface area contributed by atoms with E-state index in [0.717, 1.165) is 15.7 Å². The molecule has 0 fully saturated rings. The van der Waals surface area contributed by atoms with E-state index in [9.17, 15) is 9.90 Å². The molecule has 0 aliphatic rings. The summed E-state index contributed by atoms with van der Waals surface area (Å²) < 4.78 is 0.741. The molecular weight excluding hydrogens is 318 g/mol. The van der Waals surface area contributed by atoms with Gasteiger partial charge in [-0.2, -0.15) is 0 Å². The van der Waals surface area contributed by atoms with Gasteiger partial charge in [-0.05, 0) is 49.7 Å². The third-order valence-electron chi connectivity index (χ3n) is 3.06. The Morgan fingerprint density at radius 1 is 1.25 bits per heavy atom. The maximum atomic E-state index is 12.6. The summed E-state index contributed by atoms with van der Waals surface area (Å²) in [7, 11) is 0. The Kier molecular flexibility index (Phi) is 4.45. The summed E-state index contributed by atoms with van der Waals surface area (Å²) in [5.74, 6) is -0.224. The molecule has 0 aliphatic heterocycles. The normalized spacial score (nSPS) is 10.3. The first kappa shape index (κ1) is 14.6. The number of aromatic hydroxyl groups is 1. The number of rotatable bonds is 3. The lowest BCUT2D eigenvalue weighted by Gasteiger charge is -2.22. The molecule has 4 heteroatoms. The van der Waals surface area contributed by atoms with Gasteiger partial charge in [0.15, 0.2) is 0 Å². The first-order chi connectivity index (χ1) is 9.52. The second-order valence-corrected chi connectivity index (χ2v) is 5.47. The molecule has 0 saturated heterocycles. The van der Waals surface area contributed by atoms with Gasteiger partial charge in [0.2, 0.25) is 0 Å². The number of nitrogens with zero attached hydrogens (tertiary/aromatic N) is 1. The molecular formula is C16H16BrNO2. The molecule has 0 saturated carbocycles. The van der Waals surface area contributed by atoms with Gasteiger partial charge in [0.1, 0.15) is 5.75 Å². The fourth-order valence-corrected chi connectivity index (χ4v) is 2.42. The van der Waals surface area contributed by atoms with Crippen molar-refractivity contribution in [3.63, 3.8) is 0 Å². The van der Waals surface area contributed by atoms with Gasteiger partial charge in [-0.1, -0.05) is 28.1 Å². The topological polar surface area (TPSA) is 40.5 Å². The largest absolute Gasteiger partial charge is 0.507 e. The molecule has 0 atom stereocenters. The lowest BCUT2D eigenvalue weighted by Crippen LogP contribution is -2.30. The van der Waals surface area contributed by atoms with Crippen LogP contribution < -0.4 is 4.90 Å². The van der Waals surface area contributed by atoms with Crippen LogP contribution in [0.15, 0.2) is 46.9 Å². The molecule has 2 rings (SSSR count). The van der Waals surface area contributed by atoms with Gasteiger partial charge in [-0.3, -0.25) is 4.79 Å². The number of halogens is 1. The highest BCUT2D eigenvalue weighted by Gasteiger charge is 2.19. The Bertz CT molecular complexity index is 640. The molecule has 0 aliphatic carbocycles. The average molecular weight is 334 g/mol. The van der Waals surface area contributed by atoms with Crippen LogP contribution in [0.1, 0.15) is 22.8 Å². The van der Waals surface area contributed by atoms with Crippen LogP contribution in [0.5, 0.6) is 5.75 Å². The summed E-state index contributed by atoms with van der Waals surface area (Å²) in [5.41, 5.74) is 2.23. The number of amides is 1. The van der Waals surface area contributed by atoms with Crippen LogP contribution in [0.4, 0.5) is 5.69 Å². The summed E-state index contributed by atoms with van der Waals surface area (Å²) in [4.78, 5) is 14.2. The van der Waals surface area contributed by atoms with Crippen LogP contribution in [0.25, 0.3) is 0 Å². The Hall–Kier alpha value is -1.81. The predicted octanol–water partition coefficient (Wildman–Crippen LogP) is 4.13. The molecule has 2 aromatic carbocycles. The molecule has 104 valence electrons. The number of benzene rings is 2. The van der Waals surface area contributed by atoms with Crippen molar-refractivity contribution in [3.05, 3.63) is 58.1 Å². The summed E-state index contributed by atoms with van der Waals surface area (Å²) >= 11 is 3.27. The highest BCUT2D eigenvalue weighted by atomic mass is 79.9. The van der Waals surface area contributed by atoms with E-state index in [4.69, 9.17) is 0 Å². The van der Waals surface area contributed by atoms with Gasteiger partial charge in [0.25, 0.3) is 5.91 Å². The van der Waals surface area contributed by atoms with Crippen molar-refractivity contribution in [1.29, 1.82) is 0 Å². The molecule has 0 bridgehead atoms. The van der Waals surface area contributed by atoms with E-state index in [1.54, 1.807) is 17.0 Å². The quantitative estimate of drug-likeness (QED) is 0.917. The first-order valence-corrected chi connectivity index (χ1v) is 7.19. The van der Waals surface area contributed by atoms with E-state index in [0.29, 0.717) is 12.1 Å². The van der Waals surface area contributed by atoms with Gasteiger partial charge in [-0.25, -0.2) is 0 Å². The monoisotopic (exact) mass is 333 g/mol. The Morgan fingerprint density at radius 3 is 2.60 bits per heavy atom. The van der Waals surface area contributed by atoms with Gasteiger partial charge in [0.05, 0.1) is 5.56 Å². The number of phenols is 1. The van der Waals surface area contributed by atoms with Gasteiger partial charge in [-0.15, -0.1) is 0 Å². The third kappa shape index (κ3) is 3.02. The number of hydrogen-bond acceptors (Lipinski definition) is 2. The zero-order chi connectivity index (χ0) is 14.7. The van der Waals surface area contributed by atoms with Crippen LogP contribution >= 0.6 is 15.9 Å². The van der Waals surface area contributed by atoms with Crippen LogP contribution in [-0.2, 0) is 0 Å². The van der Waals surface area contributed by atoms with Gasteiger partial charge < -0.3 is 10.0 Å². The number of hydrogen-bond donors (Lipinski definition) is 1. The minimum atomic E-state index is -0.205. The number of anilines is 1. The summed E-state index contributed by atoms with van der Waals surface area (Å²) in [6, 6.07) is 12.6. The third-order valence-corrected chi connectivity index (χ3v) is 3.56. The molecule has 0 aromatic heterocycles. The number of phenolic OH excluding ortho intramolecular Hbond substituents is 1. The molecule has 1 N–H and O–H groups in total. The average Bonchev–Trinajstić information content (AvgIpc) is 2.39. The lowest BCUT2D eigenvalue weighted by atomic mass is 10.1. The van der Waals surface area contributed by atoms with Crippen LogP contribution in [0, 0.1) is 6.92 Å². The zero-order valence-corrected chi connectivity index (χ0v) is 13.0. The van der Waals surface area contributed by atoms with Crippen molar-refractivity contribution in [2.45, 2.75) is 13.8 Å². The van der Waals surface area contributed by atoms with Crippen LogP contribution in [0.2, 0.25) is 0 Å². The smallest absolute Gasteiger partial charge is 0.262 e. The second kappa shape index (κ2) is 6.09. The SMILES string of the molecule is CCN(C(=O)c1ccc(Br)cc1O)c1cccc(C)c1. The Labute approximate surface area is 127 Å².